The summed E-state index contributed by atoms with van der Waals surface area (Å²) in [7, 11) is 0. The zero-order chi connectivity index (χ0) is 14.4. The SMILES string of the molecule is CCNC(CSc1ccc(F)cc1)c1ccc(C)nc1. The number of thioether (sulfide) groups is 1. The minimum Gasteiger partial charge on any atom is -0.309 e. The van der Waals surface area contributed by atoms with Crippen LogP contribution in [0.5, 0.6) is 0 Å². The van der Waals surface area contributed by atoms with Gasteiger partial charge in [0, 0.05) is 28.6 Å². The van der Waals surface area contributed by atoms with Gasteiger partial charge in [0.25, 0.3) is 0 Å². The van der Waals surface area contributed by atoms with E-state index in [0.717, 1.165) is 22.9 Å². The first kappa shape index (κ1) is 15.0. The first-order chi connectivity index (χ1) is 9.69. The second-order valence-corrected chi connectivity index (χ2v) is 5.70. The first-order valence-corrected chi connectivity index (χ1v) is 7.72. The number of benzene rings is 1. The van der Waals surface area contributed by atoms with E-state index in [1.165, 1.54) is 17.7 Å². The van der Waals surface area contributed by atoms with Crippen LogP contribution in [0.3, 0.4) is 0 Å². The standard InChI is InChI=1S/C16H19FN2S/c1-3-18-16(13-5-4-12(2)19-10-13)11-20-15-8-6-14(17)7-9-15/h4-10,16,18H,3,11H2,1-2H3. The number of nitrogens with one attached hydrogen (secondary N) is 1. The van der Waals surface area contributed by atoms with Crippen molar-refractivity contribution in [2.75, 3.05) is 12.3 Å². The van der Waals surface area contributed by atoms with Crippen LogP contribution < -0.4 is 5.32 Å². The Hall–Kier alpha value is -1.39. The predicted molar refractivity (Wildman–Crippen MR) is 82.5 cm³/mol. The van der Waals surface area contributed by atoms with Crippen molar-refractivity contribution in [3.05, 3.63) is 59.7 Å². The lowest BCUT2D eigenvalue weighted by Crippen LogP contribution is -2.23. The number of rotatable bonds is 6. The van der Waals surface area contributed by atoms with E-state index < -0.39 is 0 Å². The Kier molecular flexibility index (Phi) is 5.56. The van der Waals surface area contributed by atoms with E-state index in [9.17, 15) is 4.39 Å². The van der Waals surface area contributed by atoms with Gasteiger partial charge < -0.3 is 5.32 Å². The molecule has 0 bridgehead atoms. The van der Waals surface area contributed by atoms with E-state index >= 15 is 0 Å². The Bertz CT molecular complexity index is 525. The van der Waals surface area contributed by atoms with E-state index in [1.807, 2.05) is 31.3 Å². The molecule has 1 aromatic carbocycles. The van der Waals surface area contributed by atoms with Gasteiger partial charge in [-0.15, -0.1) is 11.8 Å². The largest absolute Gasteiger partial charge is 0.309 e. The Morgan fingerprint density at radius 2 is 1.95 bits per heavy atom. The summed E-state index contributed by atoms with van der Waals surface area (Å²) < 4.78 is 12.9. The highest BCUT2D eigenvalue weighted by atomic mass is 32.2. The summed E-state index contributed by atoms with van der Waals surface area (Å²) in [6.45, 7) is 4.99. The third-order valence-electron chi connectivity index (χ3n) is 3.02. The second kappa shape index (κ2) is 7.41. The molecule has 0 saturated carbocycles. The van der Waals surface area contributed by atoms with Crippen molar-refractivity contribution >= 4 is 11.8 Å². The van der Waals surface area contributed by atoms with E-state index in [4.69, 9.17) is 0 Å². The van der Waals surface area contributed by atoms with Crippen molar-refractivity contribution in [1.29, 1.82) is 0 Å². The molecule has 0 amide bonds. The van der Waals surface area contributed by atoms with E-state index in [-0.39, 0.29) is 11.9 Å². The molecule has 2 aromatic rings. The van der Waals surface area contributed by atoms with Gasteiger partial charge in [0.2, 0.25) is 0 Å². The second-order valence-electron chi connectivity index (χ2n) is 4.61. The van der Waals surface area contributed by atoms with Crippen LogP contribution in [0.25, 0.3) is 0 Å². The van der Waals surface area contributed by atoms with E-state index in [0.29, 0.717) is 0 Å². The molecule has 0 fully saturated rings. The van der Waals surface area contributed by atoms with Crippen LogP contribution in [-0.4, -0.2) is 17.3 Å². The number of hydrogen-bond acceptors (Lipinski definition) is 3. The van der Waals surface area contributed by atoms with Crippen molar-refractivity contribution in [3.8, 4) is 0 Å². The van der Waals surface area contributed by atoms with Crippen LogP contribution in [0, 0.1) is 12.7 Å². The lowest BCUT2D eigenvalue weighted by Gasteiger charge is -2.17. The fourth-order valence-electron chi connectivity index (χ4n) is 1.92. The minimum atomic E-state index is -0.194. The molecule has 2 rings (SSSR count). The van der Waals surface area contributed by atoms with Gasteiger partial charge in [0.15, 0.2) is 0 Å². The fourth-order valence-corrected chi connectivity index (χ4v) is 2.91. The topological polar surface area (TPSA) is 24.9 Å². The maximum Gasteiger partial charge on any atom is 0.123 e. The predicted octanol–water partition coefficient (Wildman–Crippen LogP) is 3.97. The van der Waals surface area contributed by atoms with Gasteiger partial charge in [-0.25, -0.2) is 4.39 Å². The van der Waals surface area contributed by atoms with Crippen molar-refractivity contribution in [1.82, 2.24) is 10.3 Å². The molecule has 0 aliphatic carbocycles. The van der Waals surface area contributed by atoms with Crippen LogP contribution in [0.4, 0.5) is 4.39 Å². The molecule has 106 valence electrons. The summed E-state index contributed by atoms with van der Waals surface area (Å²) in [6, 6.07) is 11.0. The average Bonchev–Trinajstić information content (AvgIpc) is 2.46. The van der Waals surface area contributed by atoms with Gasteiger partial charge in [0.05, 0.1) is 0 Å². The highest BCUT2D eigenvalue weighted by molar-refractivity contribution is 7.99. The zero-order valence-electron chi connectivity index (χ0n) is 11.8. The monoisotopic (exact) mass is 290 g/mol. The van der Waals surface area contributed by atoms with Crippen molar-refractivity contribution in [2.45, 2.75) is 24.8 Å². The first-order valence-electron chi connectivity index (χ1n) is 6.73. The van der Waals surface area contributed by atoms with Gasteiger partial charge in [-0.2, -0.15) is 0 Å². The molecule has 1 N–H and O–H groups in total. The quantitative estimate of drug-likeness (QED) is 0.815. The summed E-state index contributed by atoms with van der Waals surface area (Å²) in [5.41, 5.74) is 2.21. The molecular weight excluding hydrogens is 271 g/mol. The molecule has 0 spiro atoms. The molecule has 2 nitrogen and oxygen atoms in total. The Morgan fingerprint density at radius 3 is 2.55 bits per heavy atom. The van der Waals surface area contributed by atoms with Crippen molar-refractivity contribution in [3.63, 3.8) is 0 Å². The summed E-state index contributed by atoms with van der Waals surface area (Å²) in [4.78, 5) is 5.43. The van der Waals surface area contributed by atoms with Crippen LogP contribution in [0.2, 0.25) is 0 Å². The van der Waals surface area contributed by atoms with Crippen molar-refractivity contribution in [2.24, 2.45) is 0 Å². The van der Waals surface area contributed by atoms with Crippen LogP contribution in [0.1, 0.15) is 24.2 Å². The number of aryl methyl sites for hydroxylation is 1. The summed E-state index contributed by atoms with van der Waals surface area (Å²) in [6.07, 6.45) is 1.92. The number of aromatic nitrogens is 1. The molecular formula is C16H19FN2S. The van der Waals surface area contributed by atoms with Gasteiger partial charge in [-0.05, 0) is 49.4 Å². The van der Waals surface area contributed by atoms with E-state index in [1.54, 1.807) is 11.8 Å². The van der Waals surface area contributed by atoms with E-state index in [2.05, 4.69) is 23.3 Å². The molecule has 0 saturated heterocycles. The molecule has 0 aliphatic heterocycles. The number of hydrogen-bond donors (Lipinski definition) is 1. The highest BCUT2D eigenvalue weighted by Crippen LogP contribution is 2.24. The maximum absolute atomic E-state index is 12.9. The molecule has 4 heteroatoms. The highest BCUT2D eigenvalue weighted by Gasteiger charge is 2.11. The Labute approximate surface area is 123 Å². The van der Waals surface area contributed by atoms with Crippen molar-refractivity contribution < 1.29 is 4.39 Å². The lowest BCUT2D eigenvalue weighted by molar-refractivity contribution is 0.603. The lowest BCUT2D eigenvalue weighted by atomic mass is 10.1. The molecule has 0 aliphatic rings. The molecule has 0 radical (unpaired) electrons. The summed E-state index contributed by atoms with van der Waals surface area (Å²) in [5.74, 6) is 0.699. The van der Waals surface area contributed by atoms with Crippen LogP contribution >= 0.6 is 11.8 Å². The van der Waals surface area contributed by atoms with Crippen LogP contribution in [0.15, 0.2) is 47.5 Å². The summed E-state index contributed by atoms with van der Waals surface area (Å²) in [5, 5.41) is 3.47. The molecule has 1 atom stereocenters. The van der Waals surface area contributed by atoms with Gasteiger partial charge in [-0.1, -0.05) is 13.0 Å². The van der Waals surface area contributed by atoms with Gasteiger partial charge >= 0.3 is 0 Å². The number of nitrogens with zero attached hydrogens (tertiary/aromatic N) is 1. The maximum atomic E-state index is 12.9. The van der Waals surface area contributed by atoms with Crippen LogP contribution in [-0.2, 0) is 0 Å². The fraction of sp³-hybridized carbons (Fsp3) is 0.312. The molecule has 20 heavy (non-hydrogen) atoms. The Balaban J connectivity index is 2.02. The molecule has 1 unspecified atom stereocenters. The average molecular weight is 290 g/mol. The summed E-state index contributed by atoms with van der Waals surface area (Å²) >= 11 is 1.72. The number of pyridine rings is 1. The molecule has 1 aromatic heterocycles. The Morgan fingerprint density at radius 1 is 1.20 bits per heavy atom. The number of halogens is 1. The minimum absolute atomic E-state index is 0.194. The zero-order valence-corrected chi connectivity index (χ0v) is 12.6. The third kappa shape index (κ3) is 4.32. The normalized spacial score (nSPS) is 12.3. The van der Waals surface area contributed by atoms with Gasteiger partial charge in [0.1, 0.15) is 5.82 Å². The smallest absolute Gasteiger partial charge is 0.123 e. The third-order valence-corrected chi connectivity index (χ3v) is 4.12. The van der Waals surface area contributed by atoms with Gasteiger partial charge in [-0.3, -0.25) is 4.98 Å². The molecule has 1 heterocycles.